The van der Waals surface area contributed by atoms with Crippen LogP contribution in [-0.2, 0) is 17.8 Å². The number of hydrogen-bond acceptors (Lipinski definition) is 5. The molecule has 0 saturated carbocycles. The molecule has 7 heteroatoms. The molecule has 0 unspecified atom stereocenters. The van der Waals surface area contributed by atoms with E-state index in [4.69, 9.17) is 0 Å². The van der Waals surface area contributed by atoms with Crippen LogP contribution >= 0.6 is 11.8 Å². The van der Waals surface area contributed by atoms with Gasteiger partial charge in [-0.25, -0.2) is 4.39 Å². The highest BCUT2D eigenvalue weighted by Gasteiger charge is 2.16. The molecule has 30 heavy (non-hydrogen) atoms. The second-order valence-electron chi connectivity index (χ2n) is 6.75. The Kier molecular flexibility index (Phi) is 6.29. The summed E-state index contributed by atoms with van der Waals surface area (Å²) in [5.74, 6) is 0.707. The first-order valence-corrected chi connectivity index (χ1v) is 10.4. The number of Topliss-reactive ketones (excluding diaryl/α,β-unsaturated/α-hetero) is 1. The van der Waals surface area contributed by atoms with Crippen molar-refractivity contribution in [2.45, 2.75) is 18.1 Å². The highest BCUT2D eigenvalue weighted by molar-refractivity contribution is 7.99. The third-order valence-corrected chi connectivity index (χ3v) is 5.52. The molecule has 0 spiro atoms. The lowest BCUT2D eigenvalue weighted by molar-refractivity contribution is -0.116. The lowest BCUT2D eigenvalue weighted by Gasteiger charge is -2.10. The normalized spacial score (nSPS) is 10.8. The average Bonchev–Trinajstić information content (AvgIpc) is 3.17. The van der Waals surface area contributed by atoms with Crippen molar-refractivity contribution in [2.24, 2.45) is 0 Å². The van der Waals surface area contributed by atoms with Crippen LogP contribution in [0.1, 0.15) is 11.1 Å². The number of carbonyl (C=O) groups excluding carboxylic acids is 1. The number of thioether (sulfide) groups is 1. The highest BCUT2D eigenvalue weighted by Crippen LogP contribution is 2.25. The molecule has 0 radical (unpaired) electrons. The first-order valence-electron chi connectivity index (χ1n) is 9.45. The van der Waals surface area contributed by atoms with Crippen molar-refractivity contribution in [2.75, 3.05) is 5.75 Å². The van der Waals surface area contributed by atoms with Gasteiger partial charge < -0.3 is 0 Å². The quantitative estimate of drug-likeness (QED) is 0.396. The molecule has 0 amide bonds. The van der Waals surface area contributed by atoms with Crippen molar-refractivity contribution in [3.05, 3.63) is 96.1 Å². The molecule has 2 aromatic heterocycles. The van der Waals surface area contributed by atoms with Gasteiger partial charge in [-0.15, -0.1) is 10.2 Å². The molecular formula is C23H19FN4OS. The summed E-state index contributed by atoms with van der Waals surface area (Å²) < 4.78 is 15.0. The number of carbonyl (C=O) groups is 1. The predicted octanol–water partition coefficient (Wildman–Crippen LogP) is 4.43. The van der Waals surface area contributed by atoms with Gasteiger partial charge in [0.05, 0.1) is 12.3 Å². The van der Waals surface area contributed by atoms with Crippen LogP contribution in [0.2, 0.25) is 0 Å². The fourth-order valence-corrected chi connectivity index (χ4v) is 3.84. The van der Waals surface area contributed by atoms with Gasteiger partial charge in [0.15, 0.2) is 11.0 Å². The van der Waals surface area contributed by atoms with Crippen LogP contribution in [0, 0.1) is 5.82 Å². The van der Waals surface area contributed by atoms with Gasteiger partial charge in [0.25, 0.3) is 0 Å². The molecule has 2 heterocycles. The number of halogens is 1. The van der Waals surface area contributed by atoms with Crippen LogP contribution in [0.5, 0.6) is 0 Å². The molecule has 0 atom stereocenters. The minimum atomic E-state index is -0.308. The van der Waals surface area contributed by atoms with E-state index in [1.165, 1.54) is 23.9 Å². The van der Waals surface area contributed by atoms with E-state index in [0.29, 0.717) is 17.5 Å². The Bertz CT molecular complexity index is 1120. The maximum absolute atomic E-state index is 13.0. The Morgan fingerprint density at radius 2 is 1.73 bits per heavy atom. The van der Waals surface area contributed by atoms with Gasteiger partial charge in [-0.1, -0.05) is 54.2 Å². The fourth-order valence-electron chi connectivity index (χ4n) is 3.04. The van der Waals surface area contributed by atoms with Gasteiger partial charge in [-0.2, -0.15) is 0 Å². The van der Waals surface area contributed by atoms with Crippen molar-refractivity contribution in [3.8, 4) is 11.4 Å². The second kappa shape index (κ2) is 9.45. The SMILES string of the molecule is O=C(CSc1nnc(-c2cccnc2)n1Cc1ccccc1)Cc1ccc(F)cc1. The maximum atomic E-state index is 13.0. The Balaban J connectivity index is 1.52. The Morgan fingerprint density at radius 3 is 2.47 bits per heavy atom. The molecule has 0 N–H and O–H groups in total. The third kappa shape index (κ3) is 4.99. The van der Waals surface area contributed by atoms with Gasteiger partial charge in [-0.05, 0) is 35.4 Å². The lowest BCUT2D eigenvalue weighted by atomic mass is 10.1. The highest BCUT2D eigenvalue weighted by atomic mass is 32.2. The molecule has 0 aliphatic carbocycles. The van der Waals surface area contributed by atoms with E-state index >= 15 is 0 Å². The molecule has 0 saturated heterocycles. The summed E-state index contributed by atoms with van der Waals surface area (Å²) >= 11 is 1.36. The van der Waals surface area contributed by atoms with Crippen LogP contribution in [0.4, 0.5) is 4.39 Å². The van der Waals surface area contributed by atoms with E-state index in [9.17, 15) is 9.18 Å². The number of nitrogens with zero attached hydrogens (tertiary/aromatic N) is 4. The van der Waals surface area contributed by atoms with Crippen molar-refractivity contribution < 1.29 is 9.18 Å². The van der Waals surface area contributed by atoms with Crippen molar-refractivity contribution in [3.63, 3.8) is 0 Å². The molecule has 4 rings (SSSR count). The van der Waals surface area contributed by atoms with E-state index in [-0.39, 0.29) is 23.8 Å². The maximum Gasteiger partial charge on any atom is 0.192 e. The van der Waals surface area contributed by atoms with Gasteiger partial charge in [0.2, 0.25) is 0 Å². The van der Waals surface area contributed by atoms with Crippen LogP contribution in [-0.4, -0.2) is 31.3 Å². The summed E-state index contributed by atoms with van der Waals surface area (Å²) in [6, 6.07) is 19.8. The third-order valence-electron chi connectivity index (χ3n) is 4.50. The molecule has 2 aromatic carbocycles. The standard InChI is InChI=1S/C23H19FN4OS/c24-20-10-8-17(9-11-20)13-21(29)16-30-23-27-26-22(19-7-4-12-25-14-19)28(23)15-18-5-2-1-3-6-18/h1-12,14H,13,15-16H2. The Labute approximate surface area is 178 Å². The summed E-state index contributed by atoms with van der Waals surface area (Å²) in [5.41, 5.74) is 2.77. The molecular weight excluding hydrogens is 399 g/mol. The lowest BCUT2D eigenvalue weighted by Crippen LogP contribution is -2.08. The summed E-state index contributed by atoms with van der Waals surface area (Å²) in [6.45, 7) is 0.590. The van der Waals surface area contributed by atoms with Crippen LogP contribution in [0.3, 0.4) is 0 Å². The average molecular weight is 418 g/mol. The van der Waals surface area contributed by atoms with Crippen LogP contribution in [0.15, 0.2) is 84.3 Å². The molecule has 0 fully saturated rings. The summed E-state index contributed by atoms with van der Waals surface area (Å²) in [6.07, 6.45) is 3.72. The van der Waals surface area contributed by atoms with Crippen molar-refractivity contribution >= 4 is 17.5 Å². The first kappa shape index (κ1) is 20.0. The van der Waals surface area contributed by atoms with E-state index in [0.717, 1.165) is 16.7 Å². The number of pyridine rings is 1. The molecule has 150 valence electrons. The number of aromatic nitrogens is 4. The zero-order chi connectivity index (χ0) is 20.8. The monoisotopic (exact) mass is 418 g/mol. The summed E-state index contributed by atoms with van der Waals surface area (Å²) in [5, 5.41) is 9.35. The van der Waals surface area contributed by atoms with Crippen molar-refractivity contribution in [1.29, 1.82) is 0 Å². The van der Waals surface area contributed by atoms with Gasteiger partial charge in [-0.3, -0.25) is 14.3 Å². The predicted molar refractivity (Wildman–Crippen MR) is 115 cm³/mol. The van der Waals surface area contributed by atoms with E-state index in [2.05, 4.69) is 15.2 Å². The van der Waals surface area contributed by atoms with E-state index in [1.807, 2.05) is 47.0 Å². The topological polar surface area (TPSA) is 60.7 Å². The fraction of sp³-hybridized carbons (Fsp3) is 0.130. The second-order valence-corrected chi connectivity index (χ2v) is 7.69. The van der Waals surface area contributed by atoms with Gasteiger partial charge >= 0.3 is 0 Å². The van der Waals surface area contributed by atoms with Crippen molar-refractivity contribution in [1.82, 2.24) is 19.7 Å². The van der Waals surface area contributed by atoms with Crippen LogP contribution < -0.4 is 0 Å². The summed E-state index contributed by atoms with van der Waals surface area (Å²) in [7, 11) is 0. The number of rotatable bonds is 8. The molecule has 0 bridgehead atoms. The zero-order valence-electron chi connectivity index (χ0n) is 16.1. The minimum absolute atomic E-state index is 0.0452. The van der Waals surface area contributed by atoms with E-state index in [1.54, 1.807) is 24.5 Å². The number of ketones is 1. The smallest absolute Gasteiger partial charge is 0.192 e. The van der Waals surface area contributed by atoms with Gasteiger partial charge in [0.1, 0.15) is 11.6 Å². The van der Waals surface area contributed by atoms with Gasteiger partial charge in [0, 0.05) is 24.4 Å². The van der Waals surface area contributed by atoms with E-state index < -0.39 is 0 Å². The number of hydrogen-bond donors (Lipinski definition) is 0. The first-order chi connectivity index (χ1) is 14.7. The zero-order valence-corrected chi connectivity index (χ0v) is 16.9. The van der Waals surface area contributed by atoms with Crippen LogP contribution in [0.25, 0.3) is 11.4 Å². The molecule has 4 aromatic rings. The minimum Gasteiger partial charge on any atom is -0.298 e. The summed E-state index contributed by atoms with van der Waals surface area (Å²) in [4.78, 5) is 16.6. The molecule has 0 aliphatic rings. The molecule has 5 nitrogen and oxygen atoms in total. The number of benzene rings is 2. The largest absolute Gasteiger partial charge is 0.298 e. The Hall–Kier alpha value is -3.32. The molecule has 0 aliphatic heterocycles. The Morgan fingerprint density at radius 1 is 0.933 bits per heavy atom.